The van der Waals surface area contributed by atoms with Crippen LogP contribution in [0.2, 0.25) is 0 Å². The number of hydrogen-bond donors (Lipinski definition) is 2. The topological polar surface area (TPSA) is 78.5 Å². The lowest BCUT2D eigenvalue weighted by molar-refractivity contribution is 0.0707. The number of halogens is 1. The van der Waals surface area contributed by atoms with Crippen molar-refractivity contribution >= 4 is 28.3 Å². The number of rotatable bonds is 6. The van der Waals surface area contributed by atoms with Crippen LogP contribution in [0.3, 0.4) is 0 Å². The number of amides is 1. The monoisotopic (exact) mass is 373 g/mol. The summed E-state index contributed by atoms with van der Waals surface area (Å²) in [5.41, 5.74) is 0.398. The van der Waals surface area contributed by atoms with Gasteiger partial charge in [-0.15, -0.1) is 19.0 Å². The third-order valence-electron chi connectivity index (χ3n) is 4.00. The minimum absolute atomic E-state index is 0. The van der Waals surface area contributed by atoms with Crippen LogP contribution in [0, 0.1) is 0 Å². The molecule has 0 unspecified atom stereocenters. The first kappa shape index (κ1) is 20.6. The highest BCUT2D eigenvalue weighted by Gasteiger charge is 2.23. The number of hydrogen-bond acceptors (Lipinski definition) is 4. The van der Waals surface area contributed by atoms with Gasteiger partial charge in [0.15, 0.2) is 0 Å². The third-order valence-corrected chi connectivity index (χ3v) is 5.42. The van der Waals surface area contributed by atoms with Crippen molar-refractivity contribution in [3.05, 3.63) is 42.5 Å². The summed E-state index contributed by atoms with van der Waals surface area (Å²) in [7, 11) is -1.70. The molecule has 0 spiro atoms. The molecule has 134 valence electrons. The van der Waals surface area contributed by atoms with Crippen molar-refractivity contribution in [1.29, 1.82) is 0 Å². The van der Waals surface area contributed by atoms with Gasteiger partial charge in [0, 0.05) is 31.2 Å². The van der Waals surface area contributed by atoms with E-state index in [4.69, 9.17) is 0 Å². The van der Waals surface area contributed by atoms with Crippen LogP contribution >= 0.6 is 12.4 Å². The Morgan fingerprint density at radius 1 is 1.38 bits per heavy atom. The molecule has 0 radical (unpaired) electrons. The summed E-state index contributed by atoms with van der Waals surface area (Å²) < 4.78 is 26.7. The van der Waals surface area contributed by atoms with E-state index in [9.17, 15) is 13.2 Å². The maximum absolute atomic E-state index is 12.6. The van der Waals surface area contributed by atoms with Crippen molar-refractivity contribution in [2.45, 2.75) is 23.8 Å². The van der Waals surface area contributed by atoms with E-state index in [1.54, 1.807) is 17.0 Å². The van der Waals surface area contributed by atoms with Crippen molar-refractivity contribution in [2.24, 2.45) is 0 Å². The average molecular weight is 374 g/mol. The average Bonchev–Trinajstić information content (AvgIpc) is 2.59. The Hall–Kier alpha value is -1.41. The molecule has 2 rings (SSSR count). The second kappa shape index (κ2) is 9.17. The fourth-order valence-electron chi connectivity index (χ4n) is 2.60. The fraction of sp³-hybridized carbons (Fsp3) is 0.438. The van der Waals surface area contributed by atoms with Crippen LogP contribution in [-0.4, -0.2) is 51.9 Å². The standard InChI is InChI=1S/C16H23N3O3S.ClH/c1-3-9-18-23(21,22)15-6-4-5-13(12-15)16(20)19-10-7-14(17-2)8-11-19;/h3-6,12,14,17-18H,1,7-11H2,2H3;1H. The molecule has 1 fully saturated rings. The normalized spacial score (nSPS) is 15.6. The minimum Gasteiger partial charge on any atom is -0.339 e. The summed E-state index contributed by atoms with van der Waals surface area (Å²) in [6.45, 7) is 4.99. The van der Waals surface area contributed by atoms with E-state index in [1.165, 1.54) is 18.2 Å². The number of nitrogens with zero attached hydrogens (tertiary/aromatic N) is 1. The lowest BCUT2D eigenvalue weighted by atomic mass is 10.0. The van der Waals surface area contributed by atoms with Crippen LogP contribution in [0.5, 0.6) is 0 Å². The Labute approximate surface area is 149 Å². The molecule has 24 heavy (non-hydrogen) atoms. The Morgan fingerprint density at radius 3 is 2.62 bits per heavy atom. The summed E-state index contributed by atoms with van der Waals surface area (Å²) in [4.78, 5) is 14.4. The molecule has 1 saturated heterocycles. The van der Waals surface area contributed by atoms with Gasteiger partial charge in [-0.1, -0.05) is 12.1 Å². The zero-order valence-corrected chi connectivity index (χ0v) is 15.3. The van der Waals surface area contributed by atoms with E-state index in [0.717, 1.165) is 12.8 Å². The molecular formula is C16H24ClN3O3S. The molecule has 1 amide bonds. The van der Waals surface area contributed by atoms with E-state index >= 15 is 0 Å². The molecule has 1 aromatic carbocycles. The predicted octanol–water partition coefficient (Wildman–Crippen LogP) is 1.40. The van der Waals surface area contributed by atoms with E-state index in [-0.39, 0.29) is 29.8 Å². The van der Waals surface area contributed by atoms with Gasteiger partial charge in [-0.05, 0) is 38.1 Å². The van der Waals surface area contributed by atoms with E-state index < -0.39 is 10.0 Å². The van der Waals surface area contributed by atoms with E-state index in [2.05, 4.69) is 16.6 Å². The van der Waals surface area contributed by atoms with Crippen LogP contribution < -0.4 is 10.0 Å². The second-order valence-corrected chi connectivity index (χ2v) is 7.29. The Morgan fingerprint density at radius 2 is 2.04 bits per heavy atom. The summed E-state index contributed by atoms with van der Waals surface area (Å²) in [6, 6.07) is 6.59. The number of sulfonamides is 1. The van der Waals surface area contributed by atoms with E-state index in [1.807, 2.05) is 7.05 Å². The Bertz CT molecular complexity index is 671. The highest BCUT2D eigenvalue weighted by atomic mass is 35.5. The predicted molar refractivity (Wildman–Crippen MR) is 97.1 cm³/mol. The molecule has 2 N–H and O–H groups in total. The highest BCUT2D eigenvalue weighted by Crippen LogP contribution is 2.17. The molecule has 8 heteroatoms. The number of carbonyl (C=O) groups excluding carboxylic acids is 1. The first-order chi connectivity index (χ1) is 11.0. The van der Waals surface area contributed by atoms with Gasteiger partial charge in [0.25, 0.3) is 5.91 Å². The maximum Gasteiger partial charge on any atom is 0.253 e. The Kier molecular flexibility index (Phi) is 7.89. The maximum atomic E-state index is 12.6. The first-order valence-electron chi connectivity index (χ1n) is 7.65. The molecule has 6 nitrogen and oxygen atoms in total. The minimum atomic E-state index is -3.62. The summed E-state index contributed by atoms with van der Waals surface area (Å²) in [6.07, 6.45) is 3.28. The van der Waals surface area contributed by atoms with Gasteiger partial charge in [0.1, 0.15) is 0 Å². The van der Waals surface area contributed by atoms with Crippen molar-refractivity contribution in [2.75, 3.05) is 26.7 Å². The smallest absolute Gasteiger partial charge is 0.253 e. The van der Waals surface area contributed by atoms with Crippen LogP contribution in [0.1, 0.15) is 23.2 Å². The van der Waals surface area contributed by atoms with Gasteiger partial charge < -0.3 is 10.2 Å². The number of likely N-dealkylation sites (tertiary alicyclic amines) is 1. The molecule has 1 aliphatic rings. The lowest BCUT2D eigenvalue weighted by Gasteiger charge is -2.31. The van der Waals surface area contributed by atoms with Gasteiger partial charge in [-0.3, -0.25) is 4.79 Å². The van der Waals surface area contributed by atoms with Crippen LogP contribution in [0.25, 0.3) is 0 Å². The molecule has 1 aliphatic heterocycles. The first-order valence-corrected chi connectivity index (χ1v) is 9.13. The SMILES string of the molecule is C=CCNS(=O)(=O)c1cccc(C(=O)N2CCC(NC)CC2)c1.Cl. The summed E-state index contributed by atoms with van der Waals surface area (Å²) >= 11 is 0. The summed E-state index contributed by atoms with van der Waals surface area (Å²) in [5.74, 6) is -0.125. The Balaban J connectivity index is 0.00000288. The second-order valence-electron chi connectivity index (χ2n) is 5.52. The quantitative estimate of drug-likeness (QED) is 0.739. The van der Waals surface area contributed by atoms with Crippen molar-refractivity contribution in [1.82, 2.24) is 14.9 Å². The zero-order chi connectivity index (χ0) is 16.9. The van der Waals surface area contributed by atoms with Crippen LogP contribution in [0.15, 0.2) is 41.8 Å². The lowest BCUT2D eigenvalue weighted by Crippen LogP contribution is -2.44. The number of nitrogens with one attached hydrogen (secondary N) is 2. The molecule has 0 bridgehead atoms. The van der Waals surface area contributed by atoms with Gasteiger partial charge in [-0.2, -0.15) is 0 Å². The van der Waals surface area contributed by atoms with Crippen LogP contribution in [0.4, 0.5) is 0 Å². The third kappa shape index (κ3) is 5.04. The van der Waals surface area contributed by atoms with Crippen molar-refractivity contribution in [3.63, 3.8) is 0 Å². The number of piperidine rings is 1. The molecular weight excluding hydrogens is 350 g/mol. The largest absolute Gasteiger partial charge is 0.339 e. The number of benzene rings is 1. The zero-order valence-electron chi connectivity index (χ0n) is 13.7. The fourth-order valence-corrected chi connectivity index (χ4v) is 3.65. The van der Waals surface area contributed by atoms with Crippen molar-refractivity contribution in [3.8, 4) is 0 Å². The van der Waals surface area contributed by atoms with Gasteiger partial charge >= 0.3 is 0 Å². The van der Waals surface area contributed by atoms with Gasteiger partial charge in [0.2, 0.25) is 10.0 Å². The molecule has 0 atom stereocenters. The molecule has 0 saturated carbocycles. The molecule has 1 aromatic rings. The molecule has 1 heterocycles. The summed E-state index contributed by atoms with van der Waals surface area (Å²) in [5, 5.41) is 3.22. The van der Waals surface area contributed by atoms with Crippen LogP contribution in [-0.2, 0) is 10.0 Å². The van der Waals surface area contributed by atoms with Gasteiger partial charge in [0.05, 0.1) is 4.90 Å². The highest BCUT2D eigenvalue weighted by molar-refractivity contribution is 7.89. The van der Waals surface area contributed by atoms with Crippen molar-refractivity contribution < 1.29 is 13.2 Å². The van der Waals surface area contributed by atoms with E-state index in [0.29, 0.717) is 24.7 Å². The molecule has 0 aromatic heterocycles. The molecule has 0 aliphatic carbocycles. The number of carbonyl (C=O) groups is 1. The van der Waals surface area contributed by atoms with Gasteiger partial charge in [-0.25, -0.2) is 13.1 Å².